The first kappa shape index (κ1) is 18.5. The molecule has 3 amide bonds. The first-order chi connectivity index (χ1) is 10.8. The number of carbonyl (C=O) groups is 4. The first-order valence-corrected chi connectivity index (χ1v) is 7.22. The zero-order valence-corrected chi connectivity index (χ0v) is 13.4. The Bertz CT molecular complexity index is 529. The van der Waals surface area contributed by atoms with Crippen LogP contribution in [0.25, 0.3) is 0 Å². The average Bonchev–Trinajstić information content (AvgIpc) is 2.44. The van der Waals surface area contributed by atoms with E-state index >= 15 is 0 Å². The molecule has 0 aromatic heterocycles. The van der Waals surface area contributed by atoms with Gasteiger partial charge in [-0.05, 0) is 13.8 Å². The molecule has 23 heavy (non-hydrogen) atoms. The van der Waals surface area contributed by atoms with Crippen molar-refractivity contribution < 1.29 is 28.7 Å². The highest BCUT2D eigenvalue weighted by molar-refractivity contribution is 5.94. The molecule has 1 heterocycles. The number of carbonyl (C=O) groups excluding carboxylic acids is 4. The van der Waals surface area contributed by atoms with Gasteiger partial charge in [0.25, 0.3) is 0 Å². The Morgan fingerprint density at radius 3 is 2.57 bits per heavy atom. The SMILES string of the molecule is CCOC(=O)C1=C(COC(=O)CCNC(C)=O)NC(=O)N[C@H]1C. The van der Waals surface area contributed by atoms with Gasteiger partial charge >= 0.3 is 18.0 Å². The molecule has 128 valence electrons. The van der Waals surface area contributed by atoms with Crippen LogP contribution in [0, 0.1) is 0 Å². The summed E-state index contributed by atoms with van der Waals surface area (Å²) < 4.78 is 9.96. The van der Waals surface area contributed by atoms with Crippen LogP contribution >= 0.6 is 0 Å². The van der Waals surface area contributed by atoms with E-state index in [0.29, 0.717) is 0 Å². The van der Waals surface area contributed by atoms with E-state index in [9.17, 15) is 19.2 Å². The maximum Gasteiger partial charge on any atom is 0.338 e. The molecule has 0 radical (unpaired) electrons. The van der Waals surface area contributed by atoms with Crippen molar-refractivity contribution in [2.45, 2.75) is 33.2 Å². The number of urea groups is 1. The maximum atomic E-state index is 12.0. The average molecular weight is 327 g/mol. The van der Waals surface area contributed by atoms with Crippen LogP contribution in [0.5, 0.6) is 0 Å². The zero-order valence-electron chi connectivity index (χ0n) is 13.4. The molecule has 1 aliphatic heterocycles. The summed E-state index contributed by atoms with van der Waals surface area (Å²) in [7, 11) is 0. The van der Waals surface area contributed by atoms with Crippen molar-refractivity contribution in [3.8, 4) is 0 Å². The summed E-state index contributed by atoms with van der Waals surface area (Å²) in [5.74, 6) is -1.39. The molecular formula is C14H21N3O6. The van der Waals surface area contributed by atoms with Gasteiger partial charge in [-0.2, -0.15) is 0 Å². The number of amides is 3. The third kappa shape index (κ3) is 5.97. The van der Waals surface area contributed by atoms with Crippen LogP contribution in [0.1, 0.15) is 27.2 Å². The Kier molecular flexibility index (Phi) is 7.04. The lowest BCUT2D eigenvalue weighted by Gasteiger charge is -2.26. The van der Waals surface area contributed by atoms with Gasteiger partial charge in [0.15, 0.2) is 0 Å². The highest BCUT2D eigenvalue weighted by atomic mass is 16.5. The molecule has 0 unspecified atom stereocenters. The van der Waals surface area contributed by atoms with Crippen molar-refractivity contribution >= 4 is 23.9 Å². The minimum Gasteiger partial charge on any atom is -0.463 e. The summed E-state index contributed by atoms with van der Waals surface area (Å²) in [6.45, 7) is 4.72. The molecule has 0 aromatic carbocycles. The van der Waals surface area contributed by atoms with E-state index in [2.05, 4.69) is 16.0 Å². The molecule has 0 saturated heterocycles. The smallest absolute Gasteiger partial charge is 0.338 e. The molecule has 1 aliphatic rings. The molecule has 1 atom stereocenters. The van der Waals surface area contributed by atoms with Gasteiger partial charge in [-0.15, -0.1) is 0 Å². The van der Waals surface area contributed by atoms with Crippen molar-refractivity contribution in [1.82, 2.24) is 16.0 Å². The largest absolute Gasteiger partial charge is 0.463 e. The summed E-state index contributed by atoms with van der Waals surface area (Å²) in [6.07, 6.45) is -0.0106. The minimum atomic E-state index is -0.586. The third-order valence-electron chi connectivity index (χ3n) is 2.95. The van der Waals surface area contributed by atoms with Gasteiger partial charge in [0.05, 0.1) is 30.3 Å². The van der Waals surface area contributed by atoms with Crippen molar-refractivity contribution in [2.75, 3.05) is 19.8 Å². The Morgan fingerprint density at radius 2 is 1.96 bits per heavy atom. The molecule has 0 fully saturated rings. The van der Waals surface area contributed by atoms with Crippen LogP contribution in [0.15, 0.2) is 11.3 Å². The lowest BCUT2D eigenvalue weighted by atomic mass is 10.0. The van der Waals surface area contributed by atoms with Gasteiger partial charge < -0.3 is 25.4 Å². The molecule has 0 aromatic rings. The second-order valence-corrected chi connectivity index (χ2v) is 4.83. The fraction of sp³-hybridized carbons (Fsp3) is 0.571. The second-order valence-electron chi connectivity index (χ2n) is 4.83. The molecular weight excluding hydrogens is 306 g/mol. The van der Waals surface area contributed by atoms with E-state index in [1.165, 1.54) is 6.92 Å². The zero-order chi connectivity index (χ0) is 17.4. The van der Waals surface area contributed by atoms with E-state index in [-0.39, 0.29) is 43.4 Å². The van der Waals surface area contributed by atoms with E-state index in [1.807, 2.05) is 0 Å². The predicted molar refractivity (Wildman–Crippen MR) is 79.0 cm³/mol. The highest BCUT2D eigenvalue weighted by Crippen LogP contribution is 2.14. The van der Waals surface area contributed by atoms with Gasteiger partial charge in [-0.25, -0.2) is 9.59 Å². The fourth-order valence-corrected chi connectivity index (χ4v) is 1.96. The number of rotatable bonds is 7. The van der Waals surface area contributed by atoms with Crippen LogP contribution < -0.4 is 16.0 Å². The normalized spacial score (nSPS) is 17.0. The molecule has 9 nitrogen and oxygen atoms in total. The highest BCUT2D eigenvalue weighted by Gasteiger charge is 2.30. The summed E-state index contributed by atoms with van der Waals surface area (Å²) in [4.78, 5) is 45.8. The lowest BCUT2D eigenvalue weighted by Crippen LogP contribution is -2.50. The van der Waals surface area contributed by atoms with E-state index in [0.717, 1.165) is 0 Å². The van der Waals surface area contributed by atoms with Crippen molar-refractivity contribution in [1.29, 1.82) is 0 Å². The summed E-state index contributed by atoms with van der Waals surface area (Å²) in [5, 5.41) is 7.45. The molecule has 1 rings (SSSR count). The van der Waals surface area contributed by atoms with Crippen molar-refractivity contribution in [3.05, 3.63) is 11.3 Å². The van der Waals surface area contributed by atoms with E-state index in [1.54, 1.807) is 13.8 Å². The van der Waals surface area contributed by atoms with Crippen LogP contribution in [-0.4, -0.2) is 49.7 Å². The van der Waals surface area contributed by atoms with Gasteiger partial charge in [0.2, 0.25) is 5.91 Å². The Balaban J connectivity index is 2.69. The number of hydrogen-bond acceptors (Lipinski definition) is 6. The quantitative estimate of drug-likeness (QED) is 0.546. The standard InChI is InChI=1S/C14H21N3O6/c1-4-22-13(20)12-8(2)16-14(21)17-10(12)7-23-11(19)5-6-15-9(3)18/h8H,4-7H2,1-3H3,(H,15,18)(H2,16,17,21)/t8-/m0/s1. The summed E-state index contributed by atoms with van der Waals surface area (Å²) in [6, 6.07) is -1.05. The van der Waals surface area contributed by atoms with Crippen LogP contribution in [0.2, 0.25) is 0 Å². The van der Waals surface area contributed by atoms with Crippen LogP contribution in [0.3, 0.4) is 0 Å². The topological polar surface area (TPSA) is 123 Å². The predicted octanol–water partition coefficient (Wildman–Crippen LogP) is -0.426. The molecule has 0 aliphatic carbocycles. The Labute approximate surface area is 133 Å². The summed E-state index contributed by atoms with van der Waals surface area (Å²) in [5.41, 5.74) is 0.397. The fourth-order valence-electron chi connectivity index (χ4n) is 1.96. The number of esters is 2. The number of hydrogen-bond donors (Lipinski definition) is 3. The van der Waals surface area contributed by atoms with Crippen LogP contribution in [0.4, 0.5) is 4.79 Å². The molecule has 0 bridgehead atoms. The van der Waals surface area contributed by atoms with Crippen LogP contribution in [-0.2, 0) is 23.9 Å². The summed E-state index contributed by atoms with van der Waals surface area (Å²) >= 11 is 0. The molecule has 0 spiro atoms. The molecule has 9 heteroatoms. The van der Waals surface area contributed by atoms with E-state index < -0.39 is 24.0 Å². The van der Waals surface area contributed by atoms with Crippen molar-refractivity contribution in [2.24, 2.45) is 0 Å². The van der Waals surface area contributed by atoms with Gasteiger partial charge in [-0.3, -0.25) is 9.59 Å². The first-order valence-electron chi connectivity index (χ1n) is 7.22. The van der Waals surface area contributed by atoms with Crippen molar-refractivity contribution in [3.63, 3.8) is 0 Å². The Morgan fingerprint density at radius 1 is 1.26 bits per heavy atom. The number of nitrogens with one attached hydrogen (secondary N) is 3. The van der Waals surface area contributed by atoms with E-state index in [4.69, 9.17) is 9.47 Å². The van der Waals surface area contributed by atoms with Gasteiger partial charge in [0, 0.05) is 13.5 Å². The molecule has 3 N–H and O–H groups in total. The number of ether oxygens (including phenoxy) is 2. The second kappa shape index (κ2) is 8.76. The minimum absolute atomic E-state index is 0.0106. The third-order valence-corrected chi connectivity index (χ3v) is 2.95. The van der Waals surface area contributed by atoms with Gasteiger partial charge in [0.1, 0.15) is 6.61 Å². The van der Waals surface area contributed by atoms with Gasteiger partial charge in [-0.1, -0.05) is 0 Å². The maximum absolute atomic E-state index is 12.0. The Hall–Kier alpha value is -2.58. The lowest BCUT2D eigenvalue weighted by molar-refractivity contribution is -0.143. The molecule has 0 saturated carbocycles. The monoisotopic (exact) mass is 327 g/mol.